The summed E-state index contributed by atoms with van der Waals surface area (Å²) in [6, 6.07) is 24.4. The molecule has 1 aliphatic carbocycles. The molecule has 1 aliphatic rings. The average molecular weight is 456 g/mol. The first-order valence-electron chi connectivity index (χ1n) is 10.8. The minimum Gasteiger partial charge on any atom is -0.489 e. The zero-order chi connectivity index (χ0) is 23.9. The van der Waals surface area contributed by atoms with Crippen LogP contribution in [0.3, 0.4) is 0 Å². The van der Waals surface area contributed by atoms with Crippen LogP contribution in [0.25, 0.3) is 0 Å². The number of hydrogen-bond acceptors (Lipinski definition) is 6. The fraction of sp³-hybridized carbons (Fsp3) is 0.222. The van der Waals surface area contributed by atoms with Gasteiger partial charge in [0, 0.05) is 5.56 Å². The highest BCUT2D eigenvalue weighted by molar-refractivity contribution is 6.01. The first-order chi connectivity index (χ1) is 16.6. The number of ether oxygens (including phenoxy) is 2. The van der Waals surface area contributed by atoms with Crippen LogP contribution in [0.1, 0.15) is 34.6 Å². The van der Waals surface area contributed by atoms with Gasteiger partial charge in [-0.05, 0) is 59.9 Å². The van der Waals surface area contributed by atoms with Gasteiger partial charge in [0.15, 0.2) is 0 Å². The van der Waals surface area contributed by atoms with E-state index in [4.69, 9.17) is 24.7 Å². The summed E-state index contributed by atoms with van der Waals surface area (Å²) in [5.74, 6) is 0.551. The molecule has 0 saturated heterocycles. The molecule has 0 amide bonds. The molecule has 0 heterocycles. The molecule has 7 heteroatoms. The molecule has 2 atom stereocenters. The second-order valence-corrected chi connectivity index (χ2v) is 7.99. The van der Waals surface area contributed by atoms with E-state index in [-0.39, 0.29) is 18.4 Å². The molecule has 0 unspecified atom stereocenters. The second kappa shape index (κ2) is 10.5. The number of oxime groups is 1. The van der Waals surface area contributed by atoms with Crippen molar-refractivity contribution < 1.29 is 24.2 Å². The first kappa shape index (κ1) is 22.9. The fourth-order valence-corrected chi connectivity index (χ4v) is 3.66. The third-order valence-electron chi connectivity index (χ3n) is 5.67. The van der Waals surface area contributed by atoms with Gasteiger partial charge in [-0.3, -0.25) is 4.79 Å². The van der Waals surface area contributed by atoms with Crippen molar-refractivity contribution in [2.45, 2.75) is 18.9 Å². The van der Waals surface area contributed by atoms with Crippen molar-refractivity contribution in [3.8, 4) is 17.6 Å². The molecule has 34 heavy (non-hydrogen) atoms. The predicted octanol–water partition coefficient (Wildman–Crippen LogP) is 4.75. The number of benzene rings is 3. The highest BCUT2D eigenvalue weighted by Gasteiger charge is 2.44. The van der Waals surface area contributed by atoms with Crippen molar-refractivity contribution >= 4 is 11.7 Å². The number of nitrogens with zero attached hydrogens (tertiary/aromatic N) is 2. The predicted molar refractivity (Wildman–Crippen MR) is 126 cm³/mol. The maximum atomic E-state index is 11.0. The highest BCUT2D eigenvalue weighted by Crippen LogP contribution is 2.47. The summed E-state index contributed by atoms with van der Waals surface area (Å²) in [6.07, 6.45) is 0.705. The summed E-state index contributed by atoms with van der Waals surface area (Å²) in [4.78, 5) is 16.0. The minimum atomic E-state index is -0.728. The third kappa shape index (κ3) is 5.73. The molecule has 3 aromatic carbocycles. The van der Waals surface area contributed by atoms with E-state index >= 15 is 0 Å². The number of carboxylic acids is 1. The summed E-state index contributed by atoms with van der Waals surface area (Å²) in [5, 5.41) is 22.1. The molecule has 1 fully saturated rings. The number of carbonyl (C=O) groups is 1. The van der Waals surface area contributed by atoms with Gasteiger partial charge in [-0.1, -0.05) is 41.6 Å². The summed E-state index contributed by atoms with van der Waals surface area (Å²) in [6.45, 7) is 0.619. The Labute approximate surface area is 197 Å². The highest BCUT2D eigenvalue weighted by atomic mass is 16.6. The Hall–Kier alpha value is -4.31. The van der Waals surface area contributed by atoms with E-state index in [1.807, 2.05) is 60.7 Å². The molecule has 0 bridgehead atoms. The van der Waals surface area contributed by atoms with E-state index in [0.717, 1.165) is 22.4 Å². The molecule has 1 saturated carbocycles. The van der Waals surface area contributed by atoms with Gasteiger partial charge in [0.2, 0.25) is 0 Å². The van der Waals surface area contributed by atoms with Gasteiger partial charge in [0.25, 0.3) is 0 Å². The summed E-state index contributed by atoms with van der Waals surface area (Å²) < 4.78 is 11.7. The Morgan fingerprint density at radius 3 is 2.24 bits per heavy atom. The number of nitriles is 1. The van der Waals surface area contributed by atoms with Crippen LogP contribution in [0.5, 0.6) is 11.5 Å². The normalized spacial score (nSPS) is 16.9. The van der Waals surface area contributed by atoms with Crippen molar-refractivity contribution in [3.63, 3.8) is 0 Å². The molecule has 4 rings (SSSR count). The lowest BCUT2D eigenvalue weighted by atomic mass is 10.1. The number of carboxylic acid groups (broad SMARTS) is 1. The molecule has 0 spiro atoms. The van der Waals surface area contributed by atoms with Crippen LogP contribution in [0.15, 0.2) is 78.0 Å². The molecule has 0 aliphatic heterocycles. The molecule has 3 aromatic rings. The van der Waals surface area contributed by atoms with Gasteiger partial charge in [-0.15, -0.1) is 0 Å². The van der Waals surface area contributed by atoms with E-state index < -0.39 is 5.97 Å². The van der Waals surface area contributed by atoms with Crippen molar-refractivity contribution in [1.29, 1.82) is 5.26 Å². The Bertz CT molecular complexity index is 1200. The third-order valence-corrected chi connectivity index (χ3v) is 5.67. The van der Waals surface area contributed by atoms with Gasteiger partial charge < -0.3 is 19.4 Å². The van der Waals surface area contributed by atoms with Crippen molar-refractivity contribution in [3.05, 3.63) is 95.1 Å². The lowest BCUT2D eigenvalue weighted by molar-refractivity contribution is -0.138. The quantitative estimate of drug-likeness (QED) is 0.349. The zero-order valence-electron chi connectivity index (χ0n) is 18.7. The molecule has 7 nitrogen and oxygen atoms in total. The largest absolute Gasteiger partial charge is 0.489 e. The topological polar surface area (TPSA) is 101 Å². The van der Waals surface area contributed by atoms with Gasteiger partial charge in [0.1, 0.15) is 37.5 Å². The molecule has 172 valence electrons. The van der Waals surface area contributed by atoms with Crippen molar-refractivity contribution in [2.24, 2.45) is 11.1 Å². The number of rotatable bonds is 10. The molecule has 0 radical (unpaired) electrons. The van der Waals surface area contributed by atoms with Crippen LogP contribution >= 0.6 is 0 Å². The fourth-order valence-electron chi connectivity index (χ4n) is 3.66. The van der Waals surface area contributed by atoms with Crippen LogP contribution in [0.4, 0.5) is 0 Å². The van der Waals surface area contributed by atoms with Crippen LogP contribution in [0.2, 0.25) is 0 Å². The van der Waals surface area contributed by atoms with E-state index in [9.17, 15) is 4.79 Å². The number of hydrogen-bond donors (Lipinski definition) is 1. The smallest absolute Gasteiger partial charge is 0.307 e. The van der Waals surface area contributed by atoms with Crippen LogP contribution in [-0.2, 0) is 16.2 Å². The maximum Gasteiger partial charge on any atom is 0.307 e. The van der Waals surface area contributed by atoms with Gasteiger partial charge in [-0.2, -0.15) is 5.26 Å². The summed E-state index contributed by atoms with van der Waals surface area (Å²) in [7, 11) is 1.48. The van der Waals surface area contributed by atoms with Crippen molar-refractivity contribution in [2.75, 3.05) is 13.7 Å². The molecule has 1 N–H and O–H groups in total. The zero-order valence-corrected chi connectivity index (χ0v) is 18.7. The lowest BCUT2D eigenvalue weighted by Gasteiger charge is -2.10. The first-order valence-corrected chi connectivity index (χ1v) is 10.8. The Morgan fingerprint density at radius 2 is 1.65 bits per heavy atom. The van der Waals surface area contributed by atoms with E-state index in [1.165, 1.54) is 7.11 Å². The monoisotopic (exact) mass is 456 g/mol. The van der Waals surface area contributed by atoms with E-state index in [0.29, 0.717) is 30.1 Å². The van der Waals surface area contributed by atoms with E-state index in [2.05, 4.69) is 11.2 Å². The lowest BCUT2D eigenvalue weighted by Crippen LogP contribution is -2.13. The molecule has 0 aromatic heterocycles. The van der Waals surface area contributed by atoms with Gasteiger partial charge >= 0.3 is 5.97 Å². The molecular formula is C27H24N2O5. The van der Waals surface area contributed by atoms with Gasteiger partial charge in [0.05, 0.1) is 17.6 Å². The Balaban J connectivity index is 1.28. The standard InChI is InChI=1S/C27H24N2O5/c1-32-29-26(21-6-2-18(15-28)3-7-21)17-34-22-10-4-19(5-11-22)16-33-23-12-8-20(9-13-23)24-14-25(24)27(30)31/h2-13,24-25H,14,16-17H2,1H3,(H,30,31)/t24-,25+/m1/s1. The Morgan fingerprint density at radius 1 is 1.00 bits per heavy atom. The average Bonchev–Trinajstić information content (AvgIpc) is 3.68. The van der Waals surface area contributed by atoms with Gasteiger partial charge in [-0.25, -0.2) is 0 Å². The maximum absolute atomic E-state index is 11.0. The summed E-state index contributed by atoms with van der Waals surface area (Å²) >= 11 is 0. The molecular weight excluding hydrogens is 432 g/mol. The SMILES string of the molecule is CON=C(COc1ccc(COc2ccc([C@H]3C[C@@H]3C(=O)O)cc2)cc1)c1ccc(C#N)cc1. The second-order valence-electron chi connectivity index (χ2n) is 7.99. The summed E-state index contributed by atoms with van der Waals surface area (Å²) in [5.41, 5.74) is 4.03. The van der Waals surface area contributed by atoms with Crippen LogP contribution in [0, 0.1) is 17.2 Å². The Kier molecular flexibility index (Phi) is 7.09. The minimum absolute atomic E-state index is 0.116. The van der Waals surface area contributed by atoms with Crippen LogP contribution < -0.4 is 9.47 Å². The van der Waals surface area contributed by atoms with Crippen molar-refractivity contribution in [1.82, 2.24) is 0 Å². The number of aliphatic carboxylic acids is 1. The van der Waals surface area contributed by atoms with Crippen LogP contribution in [-0.4, -0.2) is 30.5 Å². The van der Waals surface area contributed by atoms with E-state index in [1.54, 1.807) is 12.1 Å².